The lowest BCUT2D eigenvalue weighted by molar-refractivity contribution is -0.113. The monoisotopic (exact) mass is 402 g/mol. The van der Waals surface area contributed by atoms with E-state index in [9.17, 15) is 4.79 Å². The average molecular weight is 403 g/mol. The predicted octanol–water partition coefficient (Wildman–Crippen LogP) is 3.44. The molecule has 1 N–H and O–H groups in total. The van der Waals surface area contributed by atoms with Crippen LogP contribution in [0, 0.1) is 0 Å². The minimum Gasteiger partial charge on any atom is -0.454 e. The molecule has 7 heteroatoms. The molecule has 2 aromatic carbocycles. The van der Waals surface area contributed by atoms with Crippen molar-refractivity contribution < 1.29 is 14.3 Å². The van der Waals surface area contributed by atoms with E-state index < -0.39 is 0 Å². The van der Waals surface area contributed by atoms with Crippen molar-refractivity contribution in [3.05, 3.63) is 58.2 Å². The number of rotatable bonds is 2. The van der Waals surface area contributed by atoms with Crippen LogP contribution in [0.25, 0.3) is 6.08 Å². The van der Waals surface area contributed by atoms with Gasteiger partial charge < -0.3 is 14.8 Å². The van der Waals surface area contributed by atoms with Crippen LogP contribution < -0.4 is 19.7 Å². The Morgan fingerprint density at radius 3 is 2.67 bits per heavy atom. The number of fused-ring (bicyclic) bond motifs is 1. The van der Waals surface area contributed by atoms with E-state index in [1.165, 1.54) is 4.90 Å². The topological polar surface area (TPSA) is 50.8 Å². The first kappa shape index (κ1) is 15.2. The summed E-state index contributed by atoms with van der Waals surface area (Å²) in [6.45, 7) is 0.216. The fourth-order valence-corrected chi connectivity index (χ4v) is 3.09. The zero-order valence-electron chi connectivity index (χ0n) is 12.3. The predicted molar refractivity (Wildman–Crippen MR) is 97.9 cm³/mol. The van der Waals surface area contributed by atoms with Gasteiger partial charge in [-0.25, -0.2) is 0 Å². The molecule has 1 saturated heterocycles. The molecule has 24 heavy (non-hydrogen) atoms. The van der Waals surface area contributed by atoms with Gasteiger partial charge in [0.2, 0.25) is 6.79 Å². The van der Waals surface area contributed by atoms with Crippen molar-refractivity contribution in [2.24, 2.45) is 0 Å². The van der Waals surface area contributed by atoms with Gasteiger partial charge in [0.25, 0.3) is 5.91 Å². The van der Waals surface area contributed by atoms with Crippen LogP contribution in [0.15, 0.2) is 52.6 Å². The van der Waals surface area contributed by atoms with Crippen LogP contribution in [0.4, 0.5) is 5.69 Å². The van der Waals surface area contributed by atoms with Crippen LogP contribution >= 0.6 is 28.1 Å². The fraction of sp³-hybridized carbons (Fsp3) is 0.0588. The first-order valence-corrected chi connectivity index (χ1v) is 8.34. The third-order valence-corrected chi connectivity index (χ3v) is 4.48. The smallest absolute Gasteiger partial charge is 0.281 e. The second-order valence-electron chi connectivity index (χ2n) is 5.22. The molecule has 120 valence electrons. The molecule has 4 rings (SSSR count). The normalized spacial score (nSPS) is 17.5. The van der Waals surface area contributed by atoms with E-state index in [-0.39, 0.29) is 12.7 Å². The number of ether oxygens (including phenoxy) is 2. The lowest BCUT2D eigenvalue weighted by atomic mass is 10.1. The van der Waals surface area contributed by atoms with Crippen molar-refractivity contribution in [2.45, 2.75) is 0 Å². The number of nitrogens with one attached hydrogen (secondary N) is 1. The van der Waals surface area contributed by atoms with Gasteiger partial charge in [0.15, 0.2) is 16.6 Å². The quantitative estimate of drug-likeness (QED) is 0.615. The Morgan fingerprint density at radius 1 is 1.12 bits per heavy atom. The Kier molecular flexibility index (Phi) is 3.74. The highest BCUT2D eigenvalue weighted by Crippen LogP contribution is 2.33. The molecule has 0 radical (unpaired) electrons. The lowest BCUT2D eigenvalue weighted by Gasteiger charge is -2.13. The maximum absolute atomic E-state index is 12.7. The van der Waals surface area contributed by atoms with Gasteiger partial charge in [-0.15, -0.1) is 0 Å². The summed E-state index contributed by atoms with van der Waals surface area (Å²) in [7, 11) is 0. The molecule has 5 nitrogen and oxygen atoms in total. The summed E-state index contributed by atoms with van der Waals surface area (Å²) in [5.41, 5.74) is 1.96. The molecule has 0 atom stereocenters. The van der Waals surface area contributed by atoms with Crippen LogP contribution in [-0.4, -0.2) is 17.8 Å². The van der Waals surface area contributed by atoms with E-state index in [0.717, 1.165) is 15.7 Å². The zero-order chi connectivity index (χ0) is 16.7. The average Bonchev–Trinajstić information content (AvgIpc) is 3.13. The van der Waals surface area contributed by atoms with Gasteiger partial charge in [-0.2, -0.15) is 0 Å². The molecular formula is C17H11BrN2O3S. The number of nitrogens with zero attached hydrogens (tertiary/aromatic N) is 1. The largest absolute Gasteiger partial charge is 0.454 e. The summed E-state index contributed by atoms with van der Waals surface area (Å²) in [4.78, 5) is 14.2. The molecule has 0 unspecified atom stereocenters. The number of thiocarbonyl (C=S) groups is 1. The van der Waals surface area contributed by atoms with E-state index in [1.807, 2.05) is 42.5 Å². The number of benzene rings is 2. The minimum absolute atomic E-state index is 0.194. The number of carbonyl (C=O) groups excluding carboxylic acids is 1. The van der Waals surface area contributed by atoms with Crippen molar-refractivity contribution in [1.29, 1.82) is 0 Å². The number of halogens is 1. The van der Waals surface area contributed by atoms with Gasteiger partial charge in [-0.1, -0.05) is 22.0 Å². The van der Waals surface area contributed by atoms with Crippen molar-refractivity contribution in [3.63, 3.8) is 0 Å². The molecule has 0 saturated carbocycles. The van der Waals surface area contributed by atoms with E-state index in [1.54, 1.807) is 6.08 Å². The maximum atomic E-state index is 12.7. The molecule has 0 spiro atoms. The summed E-state index contributed by atoms with van der Waals surface area (Å²) >= 11 is 8.68. The molecule has 1 fully saturated rings. The van der Waals surface area contributed by atoms with E-state index in [2.05, 4.69) is 21.2 Å². The van der Waals surface area contributed by atoms with Crippen molar-refractivity contribution in [2.75, 3.05) is 11.7 Å². The number of hydrogen-bond donors (Lipinski definition) is 1. The van der Waals surface area contributed by atoms with E-state index in [4.69, 9.17) is 21.7 Å². The van der Waals surface area contributed by atoms with E-state index >= 15 is 0 Å². The van der Waals surface area contributed by atoms with Gasteiger partial charge in [-0.05, 0) is 60.3 Å². The Morgan fingerprint density at radius 2 is 1.88 bits per heavy atom. The van der Waals surface area contributed by atoms with Crippen LogP contribution in [0.1, 0.15) is 5.56 Å². The maximum Gasteiger partial charge on any atom is 0.281 e. The number of hydrogen-bond acceptors (Lipinski definition) is 4. The second kappa shape index (κ2) is 5.92. The Bertz CT molecular complexity index is 880. The van der Waals surface area contributed by atoms with Gasteiger partial charge in [-0.3, -0.25) is 9.69 Å². The molecular weight excluding hydrogens is 392 g/mol. The van der Waals surface area contributed by atoms with Crippen molar-refractivity contribution in [1.82, 2.24) is 5.32 Å². The van der Waals surface area contributed by atoms with E-state index in [0.29, 0.717) is 22.3 Å². The first-order valence-electron chi connectivity index (χ1n) is 7.14. The molecule has 0 bridgehead atoms. The highest BCUT2D eigenvalue weighted by molar-refractivity contribution is 9.10. The van der Waals surface area contributed by atoms with Gasteiger partial charge in [0, 0.05) is 4.47 Å². The Balaban J connectivity index is 1.64. The van der Waals surface area contributed by atoms with Crippen molar-refractivity contribution >= 4 is 50.9 Å². The van der Waals surface area contributed by atoms with Gasteiger partial charge >= 0.3 is 0 Å². The third kappa shape index (κ3) is 2.65. The van der Waals surface area contributed by atoms with Gasteiger partial charge in [0.1, 0.15) is 5.70 Å². The molecule has 2 aliphatic heterocycles. The molecule has 2 aliphatic rings. The van der Waals surface area contributed by atoms with Crippen LogP contribution in [0.2, 0.25) is 0 Å². The van der Waals surface area contributed by atoms with Crippen molar-refractivity contribution in [3.8, 4) is 11.5 Å². The highest BCUT2D eigenvalue weighted by atomic mass is 79.9. The van der Waals surface area contributed by atoms with Gasteiger partial charge in [0.05, 0.1) is 5.69 Å². The number of anilines is 1. The lowest BCUT2D eigenvalue weighted by Crippen LogP contribution is -2.30. The Hall–Kier alpha value is -2.38. The SMILES string of the molecule is O=C1C(=Cc2ccc3c(c2)OCO3)NC(=S)N1c1ccc(Br)cc1. The first-order chi connectivity index (χ1) is 11.6. The summed E-state index contributed by atoms with van der Waals surface area (Å²) in [5, 5.41) is 3.32. The molecule has 0 aromatic heterocycles. The third-order valence-electron chi connectivity index (χ3n) is 3.67. The Labute approximate surface area is 152 Å². The number of carbonyl (C=O) groups is 1. The summed E-state index contributed by atoms with van der Waals surface area (Å²) in [5.74, 6) is 1.18. The standard InChI is InChI=1S/C17H11BrN2O3S/c18-11-2-4-12(5-3-11)20-16(21)13(19-17(20)24)7-10-1-6-14-15(8-10)23-9-22-14/h1-8H,9H2,(H,19,24). The second-order valence-corrected chi connectivity index (χ2v) is 6.52. The summed E-state index contributed by atoms with van der Waals surface area (Å²) in [6, 6.07) is 12.9. The molecule has 1 amide bonds. The summed E-state index contributed by atoms with van der Waals surface area (Å²) < 4.78 is 11.6. The zero-order valence-corrected chi connectivity index (χ0v) is 14.7. The van der Waals surface area contributed by atoms with Crippen LogP contribution in [-0.2, 0) is 4.79 Å². The summed E-state index contributed by atoms with van der Waals surface area (Å²) in [6.07, 6.45) is 1.75. The van der Waals surface area contributed by atoms with Crippen LogP contribution in [0.3, 0.4) is 0 Å². The molecule has 2 aromatic rings. The molecule has 2 heterocycles. The fourth-order valence-electron chi connectivity index (χ4n) is 2.53. The molecule has 0 aliphatic carbocycles. The number of amides is 1. The van der Waals surface area contributed by atoms with Crippen LogP contribution in [0.5, 0.6) is 11.5 Å². The minimum atomic E-state index is -0.194. The highest BCUT2D eigenvalue weighted by Gasteiger charge is 2.32.